The number of rotatable bonds is 3. The van der Waals surface area contributed by atoms with Crippen molar-refractivity contribution in [1.29, 1.82) is 0 Å². The number of hydrogen-bond acceptors (Lipinski definition) is 5. The monoisotopic (exact) mass is 240 g/mol. The molecule has 88 valence electrons. The highest BCUT2D eigenvalue weighted by atomic mass is 32.1. The van der Waals surface area contributed by atoms with Gasteiger partial charge in [-0.3, -0.25) is 14.7 Å². The predicted molar refractivity (Wildman–Crippen MR) is 62.1 cm³/mol. The van der Waals surface area contributed by atoms with Gasteiger partial charge in [-0.05, 0) is 25.9 Å². The van der Waals surface area contributed by atoms with Crippen molar-refractivity contribution >= 4 is 17.3 Å². The Labute approximate surface area is 99.2 Å². The summed E-state index contributed by atoms with van der Waals surface area (Å²) in [5.41, 5.74) is 1.86. The first kappa shape index (κ1) is 11.5. The number of piperidine rings is 1. The molecule has 0 bridgehead atoms. The molecule has 1 aliphatic rings. The molecule has 0 amide bonds. The van der Waals surface area contributed by atoms with Gasteiger partial charge >= 0.3 is 5.97 Å². The number of nitrogens with zero attached hydrogens (tertiary/aromatic N) is 2. The van der Waals surface area contributed by atoms with Crippen LogP contribution >= 0.6 is 11.3 Å². The fourth-order valence-corrected chi connectivity index (χ4v) is 2.67. The molecule has 1 aromatic heterocycles. The van der Waals surface area contributed by atoms with Gasteiger partial charge in [0.15, 0.2) is 0 Å². The van der Waals surface area contributed by atoms with E-state index in [0.717, 1.165) is 32.5 Å². The van der Waals surface area contributed by atoms with E-state index in [1.807, 2.05) is 11.7 Å². The van der Waals surface area contributed by atoms with E-state index in [1.54, 1.807) is 11.3 Å². The third-order valence-corrected chi connectivity index (χ3v) is 3.75. The first-order valence-electron chi connectivity index (χ1n) is 5.47. The number of likely N-dealkylation sites (tertiary alicyclic amines) is 1. The minimum atomic E-state index is -0.0579. The van der Waals surface area contributed by atoms with Gasteiger partial charge in [0.25, 0.3) is 0 Å². The van der Waals surface area contributed by atoms with Crippen LogP contribution in [0.1, 0.15) is 17.7 Å². The van der Waals surface area contributed by atoms with Gasteiger partial charge in [0.1, 0.15) is 0 Å². The van der Waals surface area contributed by atoms with Gasteiger partial charge < -0.3 is 4.74 Å². The van der Waals surface area contributed by atoms with Gasteiger partial charge in [0.2, 0.25) is 0 Å². The van der Waals surface area contributed by atoms with Gasteiger partial charge in [-0.15, -0.1) is 11.3 Å². The molecule has 4 nitrogen and oxygen atoms in total. The summed E-state index contributed by atoms with van der Waals surface area (Å²) in [7, 11) is 1.46. The summed E-state index contributed by atoms with van der Waals surface area (Å²) in [5.74, 6) is 0.0418. The standard InChI is InChI=1S/C11H16N2O2S/c1-15-11(14)9-2-4-13(5-3-9)7-10-6-12-8-16-10/h6,8-9H,2-5,7H2,1H3. The van der Waals surface area contributed by atoms with E-state index in [-0.39, 0.29) is 11.9 Å². The highest BCUT2D eigenvalue weighted by molar-refractivity contribution is 7.09. The average Bonchev–Trinajstić information content (AvgIpc) is 2.82. The lowest BCUT2D eigenvalue weighted by molar-refractivity contribution is -0.147. The molecule has 16 heavy (non-hydrogen) atoms. The van der Waals surface area contributed by atoms with Crippen LogP contribution in [0.5, 0.6) is 0 Å². The third kappa shape index (κ3) is 2.80. The summed E-state index contributed by atoms with van der Waals surface area (Å²) >= 11 is 1.68. The number of aromatic nitrogens is 1. The van der Waals surface area contributed by atoms with Crippen molar-refractivity contribution in [2.24, 2.45) is 5.92 Å². The summed E-state index contributed by atoms with van der Waals surface area (Å²) in [6, 6.07) is 0. The van der Waals surface area contributed by atoms with E-state index in [0.29, 0.717) is 0 Å². The molecule has 0 N–H and O–H groups in total. The van der Waals surface area contributed by atoms with Gasteiger partial charge in [-0.2, -0.15) is 0 Å². The van der Waals surface area contributed by atoms with E-state index in [1.165, 1.54) is 12.0 Å². The highest BCUT2D eigenvalue weighted by Crippen LogP contribution is 2.20. The predicted octanol–water partition coefficient (Wildman–Crippen LogP) is 1.53. The van der Waals surface area contributed by atoms with Crippen LogP contribution in [-0.4, -0.2) is 36.1 Å². The molecule has 2 heterocycles. The molecule has 1 saturated heterocycles. The van der Waals surface area contributed by atoms with E-state index < -0.39 is 0 Å². The Kier molecular flexibility index (Phi) is 3.90. The zero-order valence-electron chi connectivity index (χ0n) is 9.39. The molecule has 1 fully saturated rings. The Morgan fingerprint density at radius 1 is 1.62 bits per heavy atom. The number of thiazole rings is 1. The zero-order valence-corrected chi connectivity index (χ0v) is 10.2. The van der Waals surface area contributed by atoms with Gasteiger partial charge in [0, 0.05) is 17.6 Å². The van der Waals surface area contributed by atoms with Crippen molar-refractivity contribution in [3.63, 3.8) is 0 Å². The molecule has 1 aromatic rings. The molecule has 0 aliphatic carbocycles. The van der Waals surface area contributed by atoms with Crippen LogP contribution in [0.2, 0.25) is 0 Å². The quantitative estimate of drug-likeness (QED) is 0.751. The molecule has 0 radical (unpaired) electrons. The number of hydrogen-bond donors (Lipinski definition) is 0. The van der Waals surface area contributed by atoms with Crippen molar-refractivity contribution in [3.8, 4) is 0 Å². The Hall–Kier alpha value is -0.940. The summed E-state index contributed by atoms with van der Waals surface area (Å²) in [5, 5.41) is 0. The lowest BCUT2D eigenvalue weighted by atomic mass is 9.97. The first-order chi connectivity index (χ1) is 7.79. The second kappa shape index (κ2) is 5.41. The van der Waals surface area contributed by atoms with Crippen LogP contribution in [0.25, 0.3) is 0 Å². The Morgan fingerprint density at radius 3 is 2.94 bits per heavy atom. The molecule has 0 atom stereocenters. The maximum Gasteiger partial charge on any atom is 0.308 e. The van der Waals surface area contributed by atoms with Gasteiger partial charge in [-0.25, -0.2) is 0 Å². The molecule has 0 unspecified atom stereocenters. The smallest absolute Gasteiger partial charge is 0.308 e. The fourth-order valence-electron chi connectivity index (χ4n) is 2.03. The molecule has 5 heteroatoms. The van der Waals surface area contributed by atoms with Crippen LogP contribution in [0.15, 0.2) is 11.7 Å². The summed E-state index contributed by atoms with van der Waals surface area (Å²) in [6.45, 7) is 2.90. The number of methoxy groups -OCH3 is 1. The number of esters is 1. The second-order valence-corrected chi connectivity index (χ2v) is 5.01. The molecular weight excluding hydrogens is 224 g/mol. The van der Waals surface area contributed by atoms with Crippen molar-refractivity contribution in [1.82, 2.24) is 9.88 Å². The van der Waals surface area contributed by atoms with E-state index in [4.69, 9.17) is 4.74 Å². The SMILES string of the molecule is COC(=O)C1CCN(Cc2cncs2)CC1. The fraction of sp³-hybridized carbons (Fsp3) is 0.636. The summed E-state index contributed by atoms with van der Waals surface area (Å²) in [6.07, 6.45) is 3.73. The van der Waals surface area contributed by atoms with E-state index >= 15 is 0 Å². The summed E-state index contributed by atoms with van der Waals surface area (Å²) < 4.78 is 4.77. The largest absolute Gasteiger partial charge is 0.469 e. The lowest BCUT2D eigenvalue weighted by Gasteiger charge is -2.29. The lowest BCUT2D eigenvalue weighted by Crippen LogP contribution is -2.36. The molecule has 0 saturated carbocycles. The van der Waals surface area contributed by atoms with Crippen LogP contribution in [-0.2, 0) is 16.1 Å². The maximum absolute atomic E-state index is 11.3. The third-order valence-electron chi connectivity index (χ3n) is 2.99. The molecule has 2 rings (SSSR count). The molecule has 1 aliphatic heterocycles. The number of carbonyl (C=O) groups excluding carboxylic acids is 1. The van der Waals surface area contributed by atoms with Gasteiger partial charge in [0.05, 0.1) is 18.5 Å². The number of ether oxygens (including phenoxy) is 1. The van der Waals surface area contributed by atoms with Crippen molar-refractivity contribution in [2.75, 3.05) is 20.2 Å². The average molecular weight is 240 g/mol. The molecular formula is C11H16N2O2S. The Balaban J connectivity index is 1.79. The second-order valence-electron chi connectivity index (χ2n) is 4.04. The normalized spacial score (nSPS) is 18.6. The van der Waals surface area contributed by atoms with Crippen LogP contribution < -0.4 is 0 Å². The van der Waals surface area contributed by atoms with E-state index in [2.05, 4.69) is 9.88 Å². The van der Waals surface area contributed by atoms with Crippen molar-refractivity contribution < 1.29 is 9.53 Å². The zero-order chi connectivity index (χ0) is 11.4. The maximum atomic E-state index is 11.3. The van der Waals surface area contributed by atoms with Crippen molar-refractivity contribution in [2.45, 2.75) is 19.4 Å². The molecule has 0 spiro atoms. The van der Waals surface area contributed by atoms with Crippen LogP contribution in [0.4, 0.5) is 0 Å². The first-order valence-corrected chi connectivity index (χ1v) is 6.35. The number of carbonyl (C=O) groups is 1. The van der Waals surface area contributed by atoms with Crippen LogP contribution in [0, 0.1) is 5.92 Å². The minimum absolute atomic E-state index is 0.0579. The van der Waals surface area contributed by atoms with Crippen molar-refractivity contribution in [3.05, 3.63) is 16.6 Å². The van der Waals surface area contributed by atoms with Crippen LogP contribution in [0.3, 0.4) is 0 Å². The van der Waals surface area contributed by atoms with Gasteiger partial charge in [-0.1, -0.05) is 0 Å². The Morgan fingerprint density at radius 2 is 2.38 bits per heavy atom. The molecule has 0 aromatic carbocycles. The topological polar surface area (TPSA) is 42.4 Å². The van der Waals surface area contributed by atoms with E-state index in [9.17, 15) is 4.79 Å². The summed E-state index contributed by atoms with van der Waals surface area (Å²) in [4.78, 5) is 19.1. The minimum Gasteiger partial charge on any atom is -0.469 e. The highest BCUT2D eigenvalue weighted by Gasteiger charge is 2.25. The Bertz CT molecular complexity index is 332.